The molecule has 0 bridgehead atoms. The number of carbonyl (C=O) groups is 2. The van der Waals surface area contributed by atoms with Crippen LogP contribution >= 0.6 is 0 Å². The van der Waals surface area contributed by atoms with E-state index < -0.39 is 5.91 Å². The lowest BCUT2D eigenvalue weighted by atomic mass is 10.1. The molecule has 8 heteroatoms. The Hall–Kier alpha value is -3.03. The SMILES string of the molecule is COc1ccc(OC)c(NC(=O)c2nc(C(=O)NC(C)C)c3n2CCCC3)c1. The average Bonchev–Trinajstić information content (AvgIpc) is 3.07. The molecular weight excluding hydrogens is 360 g/mol. The molecule has 1 aliphatic heterocycles. The van der Waals surface area contributed by atoms with Crippen molar-refractivity contribution in [3.05, 3.63) is 35.4 Å². The van der Waals surface area contributed by atoms with Gasteiger partial charge < -0.3 is 24.7 Å². The summed E-state index contributed by atoms with van der Waals surface area (Å²) in [6, 6.07) is 5.15. The van der Waals surface area contributed by atoms with Gasteiger partial charge in [0.15, 0.2) is 5.82 Å². The molecule has 0 aliphatic carbocycles. The van der Waals surface area contributed by atoms with Crippen molar-refractivity contribution in [3.8, 4) is 11.5 Å². The monoisotopic (exact) mass is 386 g/mol. The number of hydrogen-bond acceptors (Lipinski definition) is 5. The molecule has 150 valence electrons. The molecular formula is C20H26N4O4. The van der Waals surface area contributed by atoms with Crippen LogP contribution in [0.15, 0.2) is 18.2 Å². The third-order valence-corrected chi connectivity index (χ3v) is 4.61. The number of benzene rings is 1. The highest BCUT2D eigenvalue weighted by Gasteiger charge is 2.28. The van der Waals surface area contributed by atoms with Crippen LogP contribution in [0.3, 0.4) is 0 Å². The van der Waals surface area contributed by atoms with E-state index in [0.29, 0.717) is 29.4 Å². The Labute approximate surface area is 164 Å². The summed E-state index contributed by atoms with van der Waals surface area (Å²) < 4.78 is 12.4. The number of rotatable bonds is 6. The van der Waals surface area contributed by atoms with Crippen LogP contribution in [0.2, 0.25) is 0 Å². The number of ether oxygens (including phenoxy) is 2. The molecule has 28 heavy (non-hydrogen) atoms. The molecule has 8 nitrogen and oxygen atoms in total. The van der Waals surface area contributed by atoms with Crippen LogP contribution in [-0.4, -0.2) is 41.6 Å². The first kappa shape index (κ1) is 19.7. The number of methoxy groups -OCH3 is 2. The number of aromatic nitrogens is 2. The van der Waals surface area contributed by atoms with Crippen molar-refractivity contribution in [1.29, 1.82) is 0 Å². The fourth-order valence-corrected chi connectivity index (χ4v) is 3.32. The van der Waals surface area contributed by atoms with Gasteiger partial charge in [-0.2, -0.15) is 0 Å². The van der Waals surface area contributed by atoms with Gasteiger partial charge in [0.25, 0.3) is 11.8 Å². The fourth-order valence-electron chi connectivity index (χ4n) is 3.32. The van der Waals surface area contributed by atoms with E-state index in [0.717, 1.165) is 25.0 Å². The van der Waals surface area contributed by atoms with Crippen molar-refractivity contribution in [2.75, 3.05) is 19.5 Å². The second-order valence-corrected chi connectivity index (χ2v) is 6.99. The Morgan fingerprint density at radius 2 is 1.93 bits per heavy atom. The van der Waals surface area contributed by atoms with Gasteiger partial charge >= 0.3 is 0 Å². The standard InChI is InChI=1S/C20H26N4O4/c1-12(2)21-19(25)17-15-7-5-6-10-24(15)18(23-17)20(26)22-14-11-13(27-3)8-9-16(14)28-4/h8-9,11-12H,5-7,10H2,1-4H3,(H,21,25)(H,22,26). The topological polar surface area (TPSA) is 94.5 Å². The number of fused-ring (bicyclic) bond motifs is 1. The van der Waals surface area contributed by atoms with Gasteiger partial charge in [0.05, 0.1) is 25.6 Å². The third kappa shape index (κ3) is 3.95. The first-order chi connectivity index (χ1) is 13.4. The van der Waals surface area contributed by atoms with E-state index in [9.17, 15) is 9.59 Å². The van der Waals surface area contributed by atoms with Gasteiger partial charge in [-0.15, -0.1) is 0 Å². The molecule has 0 saturated carbocycles. The average molecular weight is 386 g/mol. The molecule has 2 amide bonds. The van der Waals surface area contributed by atoms with E-state index in [1.807, 2.05) is 18.4 Å². The van der Waals surface area contributed by atoms with Gasteiger partial charge in [0, 0.05) is 18.7 Å². The van der Waals surface area contributed by atoms with Gasteiger partial charge in [-0.1, -0.05) is 0 Å². The number of anilines is 1. The number of imidazole rings is 1. The molecule has 0 fully saturated rings. The maximum Gasteiger partial charge on any atom is 0.291 e. The van der Waals surface area contributed by atoms with Gasteiger partial charge in [0.1, 0.15) is 17.2 Å². The maximum absolute atomic E-state index is 13.0. The molecule has 1 aromatic heterocycles. The number of hydrogen-bond donors (Lipinski definition) is 2. The van der Waals surface area contributed by atoms with Gasteiger partial charge in [-0.3, -0.25) is 9.59 Å². The first-order valence-electron chi connectivity index (χ1n) is 9.38. The Kier molecular flexibility index (Phi) is 5.87. The smallest absolute Gasteiger partial charge is 0.291 e. The van der Waals surface area contributed by atoms with Crippen LogP contribution in [0.5, 0.6) is 11.5 Å². The molecule has 1 aliphatic rings. The van der Waals surface area contributed by atoms with E-state index in [1.54, 1.807) is 25.3 Å². The molecule has 2 heterocycles. The molecule has 2 N–H and O–H groups in total. The van der Waals surface area contributed by atoms with Crippen molar-refractivity contribution in [2.24, 2.45) is 0 Å². The summed E-state index contributed by atoms with van der Waals surface area (Å²) in [4.78, 5) is 29.9. The minimum Gasteiger partial charge on any atom is -0.497 e. The molecule has 1 aromatic carbocycles. The summed E-state index contributed by atoms with van der Waals surface area (Å²) in [5.41, 5.74) is 1.62. The zero-order chi connectivity index (χ0) is 20.3. The highest BCUT2D eigenvalue weighted by Crippen LogP contribution is 2.30. The predicted octanol–water partition coefficient (Wildman–Crippen LogP) is 2.63. The van der Waals surface area contributed by atoms with Gasteiger partial charge in [-0.05, 0) is 45.2 Å². The summed E-state index contributed by atoms with van der Waals surface area (Å²) in [5, 5.41) is 5.70. The molecule has 0 atom stereocenters. The zero-order valence-corrected chi connectivity index (χ0v) is 16.7. The first-order valence-corrected chi connectivity index (χ1v) is 9.38. The third-order valence-electron chi connectivity index (χ3n) is 4.61. The predicted molar refractivity (Wildman–Crippen MR) is 105 cm³/mol. The van der Waals surface area contributed by atoms with Crippen LogP contribution in [0, 0.1) is 0 Å². The van der Waals surface area contributed by atoms with Crippen molar-refractivity contribution >= 4 is 17.5 Å². The van der Waals surface area contributed by atoms with Gasteiger partial charge in [-0.25, -0.2) is 4.98 Å². The van der Waals surface area contributed by atoms with E-state index >= 15 is 0 Å². The Balaban J connectivity index is 1.94. The van der Waals surface area contributed by atoms with E-state index in [4.69, 9.17) is 9.47 Å². The van der Waals surface area contributed by atoms with E-state index in [-0.39, 0.29) is 17.8 Å². The van der Waals surface area contributed by atoms with Crippen molar-refractivity contribution in [3.63, 3.8) is 0 Å². The van der Waals surface area contributed by atoms with E-state index in [2.05, 4.69) is 15.6 Å². The zero-order valence-electron chi connectivity index (χ0n) is 16.7. The molecule has 0 spiro atoms. The summed E-state index contributed by atoms with van der Waals surface area (Å²) >= 11 is 0. The molecule has 3 rings (SSSR count). The summed E-state index contributed by atoms with van der Waals surface area (Å²) in [6.07, 6.45) is 2.64. The number of nitrogens with one attached hydrogen (secondary N) is 2. The summed E-state index contributed by atoms with van der Waals surface area (Å²) in [6.45, 7) is 4.45. The number of nitrogens with zero attached hydrogens (tertiary/aromatic N) is 2. The summed E-state index contributed by atoms with van der Waals surface area (Å²) in [5.74, 6) is 0.695. The minimum absolute atomic E-state index is 0.00763. The van der Waals surface area contributed by atoms with Crippen LogP contribution in [0.1, 0.15) is 53.5 Å². The second-order valence-electron chi connectivity index (χ2n) is 6.99. The van der Waals surface area contributed by atoms with Crippen molar-refractivity contribution < 1.29 is 19.1 Å². The van der Waals surface area contributed by atoms with Crippen LogP contribution < -0.4 is 20.1 Å². The maximum atomic E-state index is 13.0. The Morgan fingerprint density at radius 3 is 2.61 bits per heavy atom. The highest BCUT2D eigenvalue weighted by atomic mass is 16.5. The van der Waals surface area contributed by atoms with Crippen molar-refractivity contribution in [2.45, 2.75) is 45.7 Å². The normalized spacial score (nSPS) is 13.0. The Morgan fingerprint density at radius 1 is 1.14 bits per heavy atom. The number of amides is 2. The fraction of sp³-hybridized carbons (Fsp3) is 0.450. The van der Waals surface area contributed by atoms with Crippen LogP contribution in [0.4, 0.5) is 5.69 Å². The lowest BCUT2D eigenvalue weighted by molar-refractivity contribution is 0.0937. The van der Waals surface area contributed by atoms with Crippen molar-refractivity contribution in [1.82, 2.24) is 14.9 Å². The molecule has 0 radical (unpaired) electrons. The highest BCUT2D eigenvalue weighted by molar-refractivity contribution is 6.04. The Bertz CT molecular complexity index is 889. The minimum atomic E-state index is -0.390. The lowest BCUT2D eigenvalue weighted by Crippen LogP contribution is -2.31. The van der Waals surface area contributed by atoms with Crippen LogP contribution in [-0.2, 0) is 13.0 Å². The lowest BCUT2D eigenvalue weighted by Gasteiger charge is -2.17. The molecule has 0 saturated heterocycles. The quantitative estimate of drug-likeness (QED) is 0.796. The second kappa shape index (κ2) is 8.33. The summed E-state index contributed by atoms with van der Waals surface area (Å²) in [7, 11) is 3.08. The largest absolute Gasteiger partial charge is 0.497 e. The van der Waals surface area contributed by atoms with Crippen LogP contribution in [0.25, 0.3) is 0 Å². The van der Waals surface area contributed by atoms with E-state index in [1.165, 1.54) is 7.11 Å². The number of carbonyl (C=O) groups excluding carboxylic acids is 2. The van der Waals surface area contributed by atoms with Gasteiger partial charge in [0.2, 0.25) is 0 Å². The molecule has 2 aromatic rings. The molecule has 0 unspecified atom stereocenters.